The summed E-state index contributed by atoms with van der Waals surface area (Å²) in [5.74, 6) is 0. The Labute approximate surface area is 95.1 Å². The summed E-state index contributed by atoms with van der Waals surface area (Å²) in [6.07, 6.45) is 1.49. The number of fused-ring (bicyclic) bond motifs is 1. The molecule has 1 aromatic carbocycles. The van der Waals surface area contributed by atoms with E-state index in [-0.39, 0.29) is 6.10 Å². The van der Waals surface area contributed by atoms with Crippen LogP contribution in [-0.2, 0) is 6.54 Å². The van der Waals surface area contributed by atoms with E-state index in [1.54, 1.807) is 13.1 Å². The van der Waals surface area contributed by atoms with Crippen molar-refractivity contribution in [3.05, 3.63) is 42.1 Å². The number of aliphatic hydroxyl groups is 1. The number of aromatic nitrogens is 1. The Balaban J connectivity index is 2.17. The Kier molecular flexibility index (Phi) is 3.49. The lowest BCUT2D eigenvalue weighted by molar-refractivity contribution is 0.191. The zero-order valence-corrected chi connectivity index (χ0v) is 9.35. The molecule has 84 valence electrons. The van der Waals surface area contributed by atoms with Gasteiger partial charge in [0.15, 0.2) is 0 Å². The van der Waals surface area contributed by atoms with Gasteiger partial charge in [0.05, 0.1) is 11.6 Å². The first-order valence-electron chi connectivity index (χ1n) is 5.49. The van der Waals surface area contributed by atoms with E-state index in [1.165, 1.54) is 5.56 Å². The van der Waals surface area contributed by atoms with Gasteiger partial charge in [-0.05, 0) is 18.6 Å². The number of rotatable bonds is 4. The van der Waals surface area contributed by atoms with E-state index in [9.17, 15) is 0 Å². The number of aliphatic hydroxyl groups excluding tert-OH is 1. The second-order valence-corrected chi connectivity index (χ2v) is 3.97. The molecule has 0 amide bonds. The molecule has 0 saturated carbocycles. The zero-order chi connectivity index (χ0) is 11.4. The van der Waals surface area contributed by atoms with Crippen LogP contribution < -0.4 is 5.32 Å². The SMILES string of the molecule is C[C@@H](O)CNCc1cccc2cccnc12. The van der Waals surface area contributed by atoms with Crippen LogP contribution in [0.15, 0.2) is 36.5 Å². The van der Waals surface area contributed by atoms with Crippen molar-refractivity contribution < 1.29 is 5.11 Å². The van der Waals surface area contributed by atoms with E-state index < -0.39 is 0 Å². The number of para-hydroxylation sites is 1. The van der Waals surface area contributed by atoms with Crippen LogP contribution in [0.25, 0.3) is 10.9 Å². The van der Waals surface area contributed by atoms with E-state index in [1.807, 2.05) is 12.1 Å². The monoisotopic (exact) mass is 216 g/mol. The molecular weight excluding hydrogens is 200 g/mol. The molecule has 3 heteroatoms. The van der Waals surface area contributed by atoms with Gasteiger partial charge in [-0.2, -0.15) is 0 Å². The van der Waals surface area contributed by atoms with E-state index in [0.717, 1.165) is 17.4 Å². The van der Waals surface area contributed by atoms with Crippen molar-refractivity contribution in [1.82, 2.24) is 10.3 Å². The summed E-state index contributed by atoms with van der Waals surface area (Å²) in [4.78, 5) is 4.38. The van der Waals surface area contributed by atoms with Gasteiger partial charge in [-0.3, -0.25) is 4.98 Å². The molecule has 1 atom stereocenters. The number of hydrogen-bond donors (Lipinski definition) is 2. The van der Waals surface area contributed by atoms with Gasteiger partial charge in [0.2, 0.25) is 0 Å². The van der Waals surface area contributed by atoms with E-state index in [0.29, 0.717) is 6.54 Å². The molecule has 0 unspecified atom stereocenters. The molecule has 0 fully saturated rings. The number of nitrogens with one attached hydrogen (secondary N) is 1. The van der Waals surface area contributed by atoms with E-state index in [4.69, 9.17) is 5.11 Å². The number of nitrogens with zero attached hydrogens (tertiary/aromatic N) is 1. The molecule has 0 bridgehead atoms. The standard InChI is InChI=1S/C13H16N2O/c1-10(16)8-14-9-12-5-2-4-11-6-3-7-15-13(11)12/h2-7,10,14,16H,8-9H2,1H3/t10-/m1/s1. The molecule has 1 heterocycles. The summed E-state index contributed by atoms with van der Waals surface area (Å²) < 4.78 is 0. The highest BCUT2D eigenvalue weighted by Crippen LogP contribution is 2.15. The lowest BCUT2D eigenvalue weighted by atomic mass is 10.1. The molecule has 0 spiro atoms. The third kappa shape index (κ3) is 2.56. The summed E-state index contributed by atoms with van der Waals surface area (Å²) in [6.45, 7) is 3.11. The molecule has 0 radical (unpaired) electrons. The van der Waals surface area contributed by atoms with Crippen molar-refractivity contribution in [1.29, 1.82) is 0 Å². The highest BCUT2D eigenvalue weighted by Gasteiger charge is 2.01. The van der Waals surface area contributed by atoms with Crippen molar-refractivity contribution in [2.75, 3.05) is 6.54 Å². The maximum atomic E-state index is 9.17. The maximum absolute atomic E-state index is 9.17. The minimum Gasteiger partial charge on any atom is -0.392 e. The average molecular weight is 216 g/mol. The lowest BCUT2D eigenvalue weighted by Gasteiger charge is -2.08. The van der Waals surface area contributed by atoms with Gasteiger partial charge in [0, 0.05) is 24.7 Å². The van der Waals surface area contributed by atoms with Gasteiger partial charge in [0.25, 0.3) is 0 Å². The Hall–Kier alpha value is -1.45. The normalized spacial score (nSPS) is 12.9. The molecule has 2 aromatic rings. The van der Waals surface area contributed by atoms with Gasteiger partial charge < -0.3 is 10.4 Å². The fourth-order valence-electron chi connectivity index (χ4n) is 1.73. The Bertz CT molecular complexity index is 463. The van der Waals surface area contributed by atoms with Gasteiger partial charge >= 0.3 is 0 Å². The molecule has 16 heavy (non-hydrogen) atoms. The third-order valence-corrected chi connectivity index (χ3v) is 2.47. The smallest absolute Gasteiger partial charge is 0.0746 e. The van der Waals surface area contributed by atoms with Crippen LogP contribution in [-0.4, -0.2) is 22.7 Å². The molecule has 3 nitrogen and oxygen atoms in total. The minimum atomic E-state index is -0.317. The van der Waals surface area contributed by atoms with Crippen LogP contribution in [0, 0.1) is 0 Å². The third-order valence-electron chi connectivity index (χ3n) is 2.47. The number of benzene rings is 1. The molecule has 0 saturated heterocycles. The quantitative estimate of drug-likeness (QED) is 0.817. The number of pyridine rings is 1. The first-order chi connectivity index (χ1) is 7.77. The predicted octanol–water partition coefficient (Wildman–Crippen LogP) is 1.71. The van der Waals surface area contributed by atoms with Crippen LogP contribution in [0.4, 0.5) is 0 Å². The zero-order valence-electron chi connectivity index (χ0n) is 9.35. The average Bonchev–Trinajstić information content (AvgIpc) is 2.29. The van der Waals surface area contributed by atoms with Crippen molar-refractivity contribution in [3.8, 4) is 0 Å². The minimum absolute atomic E-state index is 0.317. The summed E-state index contributed by atoms with van der Waals surface area (Å²) in [5.41, 5.74) is 2.20. The van der Waals surface area contributed by atoms with Crippen LogP contribution >= 0.6 is 0 Å². The van der Waals surface area contributed by atoms with Crippen LogP contribution in [0.1, 0.15) is 12.5 Å². The first-order valence-corrected chi connectivity index (χ1v) is 5.49. The summed E-state index contributed by atoms with van der Waals surface area (Å²) in [7, 11) is 0. The molecule has 2 rings (SSSR count). The largest absolute Gasteiger partial charge is 0.392 e. The summed E-state index contributed by atoms with van der Waals surface area (Å²) in [6, 6.07) is 10.1. The molecule has 0 aliphatic heterocycles. The fraction of sp³-hybridized carbons (Fsp3) is 0.308. The predicted molar refractivity (Wildman–Crippen MR) is 65.1 cm³/mol. The topological polar surface area (TPSA) is 45.1 Å². The van der Waals surface area contributed by atoms with Gasteiger partial charge in [-0.25, -0.2) is 0 Å². The summed E-state index contributed by atoms with van der Waals surface area (Å²) >= 11 is 0. The Morgan fingerprint density at radius 2 is 2.12 bits per heavy atom. The second-order valence-electron chi connectivity index (χ2n) is 3.97. The van der Waals surface area contributed by atoms with Crippen LogP contribution in [0.2, 0.25) is 0 Å². The van der Waals surface area contributed by atoms with Gasteiger partial charge in [0.1, 0.15) is 0 Å². The highest BCUT2D eigenvalue weighted by molar-refractivity contribution is 5.81. The second kappa shape index (κ2) is 5.05. The molecular formula is C13H16N2O. The fourth-order valence-corrected chi connectivity index (χ4v) is 1.73. The lowest BCUT2D eigenvalue weighted by Crippen LogP contribution is -2.23. The van der Waals surface area contributed by atoms with Crippen LogP contribution in [0.3, 0.4) is 0 Å². The van der Waals surface area contributed by atoms with E-state index >= 15 is 0 Å². The highest BCUT2D eigenvalue weighted by atomic mass is 16.3. The van der Waals surface area contributed by atoms with Crippen molar-refractivity contribution in [2.24, 2.45) is 0 Å². The Morgan fingerprint density at radius 3 is 2.94 bits per heavy atom. The molecule has 0 aliphatic rings. The molecule has 0 aliphatic carbocycles. The van der Waals surface area contributed by atoms with Crippen molar-refractivity contribution in [3.63, 3.8) is 0 Å². The van der Waals surface area contributed by atoms with Crippen molar-refractivity contribution in [2.45, 2.75) is 19.6 Å². The maximum Gasteiger partial charge on any atom is 0.0746 e. The van der Waals surface area contributed by atoms with Crippen LogP contribution in [0.5, 0.6) is 0 Å². The van der Waals surface area contributed by atoms with E-state index in [2.05, 4.69) is 28.5 Å². The van der Waals surface area contributed by atoms with Crippen molar-refractivity contribution >= 4 is 10.9 Å². The first kappa shape index (κ1) is 11.0. The van der Waals surface area contributed by atoms with Gasteiger partial charge in [-0.15, -0.1) is 0 Å². The summed E-state index contributed by atoms with van der Waals surface area (Å²) in [5, 5.41) is 13.5. The van der Waals surface area contributed by atoms with Gasteiger partial charge in [-0.1, -0.05) is 24.3 Å². The molecule has 1 aromatic heterocycles. The number of hydrogen-bond acceptors (Lipinski definition) is 3. The Morgan fingerprint density at radius 1 is 1.31 bits per heavy atom. The molecule has 2 N–H and O–H groups in total.